The summed E-state index contributed by atoms with van der Waals surface area (Å²) >= 11 is 0. The van der Waals surface area contributed by atoms with Crippen LogP contribution in [0.25, 0.3) is 0 Å². The molecule has 1 aromatic heterocycles. The largest absolute Gasteiger partial charge is 0.454 e. The van der Waals surface area contributed by atoms with Crippen molar-refractivity contribution in [2.24, 2.45) is 0 Å². The van der Waals surface area contributed by atoms with Gasteiger partial charge in [0.25, 0.3) is 5.91 Å². The van der Waals surface area contributed by atoms with Crippen molar-refractivity contribution < 1.29 is 14.3 Å². The zero-order chi connectivity index (χ0) is 16.8. The molecule has 1 amide bonds. The van der Waals surface area contributed by atoms with E-state index in [4.69, 9.17) is 14.5 Å². The lowest BCUT2D eigenvalue weighted by Crippen LogP contribution is -2.34. The molecule has 0 atom stereocenters. The van der Waals surface area contributed by atoms with E-state index in [9.17, 15) is 4.79 Å². The molecule has 25 heavy (non-hydrogen) atoms. The first-order valence-electron chi connectivity index (χ1n) is 8.59. The number of rotatable bonds is 4. The minimum Gasteiger partial charge on any atom is -0.454 e. The standard InChI is InChI=1S/C18H18N4O3/c23-18-16-12(5-6-19-18)17(20-11-2-3-11)22-15(21-16)8-10-1-4-13-14(7-10)25-9-24-13/h1,4,7,11H,2-3,5-6,8-9H2,(H,19,23)(H,20,21,22). The molecule has 3 aliphatic rings. The molecular weight excluding hydrogens is 320 g/mol. The minimum absolute atomic E-state index is 0.116. The lowest BCUT2D eigenvalue weighted by atomic mass is 10.1. The molecular formula is C18H18N4O3. The Balaban J connectivity index is 1.50. The monoisotopic (exact) mass is 338 g/mol. The van der Waals surface area contributed by atoms with Crippen molar-refractivity contribution in [3.8, 4) is 11.5 Å². The predicted molar refractivity (Wildman–Crippen MR) is 90.1 cm³/mol. The number of amides is 1. The molecule has 0 spiro atoms. The van der Waals surface area contributed by atoms with E-state index >= 15 is 0 Å². The van der Waals surface area contributed by atoms with Crippen LogP contribution in [0.2, 0.25) is 0 Å². The van der Waals surface area contributed by atoms with Gasteiger partial charge in [-0.2, -0.15) is 0 Å². The molecule has 5 rings (SSSR count). The third-order valence-electron chi connectivity index (χ3n) is 4.65. The Kier molecular flexibility index (Phi) is 3.26. The topological polar surface area (TPSA) is 85.4 Å². The SMILES string of the molecule is O=C1NCCc2c(NC3CC3)nc(Cc3ccc4c(c3)OCO4)nc21. The highest BCUT2D eigenvalue weighted by molar-refractivity contribution is 5.96. The molecule has 2 aromatic rings. The second kappa shape index (κ2) is 5.61. The lowest BCUT2D eigenvalue weighted by Gasteiger charge is -2.20. The van der Waals surface area contributed by atoms with Gasteiger partial charge in [0.15, 0.2) is 11.5 Å². The highest BCUT2D eigenvalue weighted by Crippen LogP contribution is 2.33. The number of anilines is 1. The quantitative estimate of drug-likeness (QED) is 0.882. The molecule has 0 radical (unpaired) electrons. The molecule has 0 unspecified atom stereocenters. The van der Waals surface area contributed by atoms with Crippen molar-refractivity contribution in [2.75, 3.05) is 18.7 Å². The summed E-state index contributed by atoms with van der Waals surface area (Å²) in [5.74, 6) is 2.83. The van der Waals surface area contributed by atoms with E-state index in [-0.39, 0.29) is 12.7 Å². The second-order valence-electron chi connectivity index (χ2n) is 6.60. The fourth-order valence-corrected chi connectivity index (χ4v) is 3.19. The number of nitrogens with zero attached hydrogens (tertiary/aromatic N) is 2. The van der Waals surface area contributed by atoms with Crippen LogP contribution in [0.1, 0.15) is 40.3 Å². The van der Waals surface area contributed by atoms with Gasteiger partial charge >= 0.3 is 0 Å². The Morgan fingerprint density at radius 2 is 2.08 bits per heavy atom. The van der Waals surface area contributed by atoms with Crippen molar-refractivity contribution in [1.29, 1.82) is 0 Å². The maximum atomic E-state index is 12.2. The number of carbonyl (C=O) groups excluding carboxylic acids is 1. The summed E-state index contributed by atoms with van der Waals surface area (Å²) in [4.78, 5) is 21.5. The van der Waals surface area contributed by atoms with Crippen molar-refractivity contribution >= 4 is 11.7 Å². The van der Waals surface area contributed by atoms with Gasteiger partial charge < -0.3 is 20.1 Å². The number of benzene rings is 1. The van der Waals surface area contributed by atoms with E-state index in [0.717, 1.165) is 47.7 Å². The van der Waals surface area contributed by atoms with Gasteiger partial charge in [-0.3, -0.25) is 4.79 Å². The third-order valence-corrected chi connectivity index (χ3v) is 4.65. The van der Waals surface area contributed by atoms with Crippen molar-refractivity contribution in [1.82, 2.24) is 15.3 Å². The van der Waals surface area contributed by atoms with Gasteiger partial charge in [-0.1, -0.05) is 6.07 Å². The van der Waals surface area contributed by atoms with E-state index in [2.05, 4.69) is 15.6 Å². The van der Waals surface area contributed by atoms with Crippen LogP contribution < -0.4 is 20.1 Å². The Bertz CT molecular complexity index is 864. The minimum atomic E-state index is -0.116. The normalized spacial score (nSPS) is 17.8. The summed E-state index contributed by atoms with van der Waals surface area (Å²) in [6.07, 6.45) is 3.61. The van der Waals surface area contributed by atoms with Gasteiger partial charge in [-0.15, -0.1) is 0 Å². The highest BCUT2D eigenvalue weighted by Gasteiger charge is 2.28. The Morgan fingerprint density at radius 3 is 2.96 bits per heavy atom. The molecule has 1 fully saturated rings. The summed E-state index contributed by atoms with van der Waals surface area (Å²) in [5.41, 5.74) is 2.46. The number of hydrogen-bond donors (Lipinski definition) is 2. The van der Waals surface area contributed by atoms with E-state index < -0.39 is 0 Å². The smallest absolute Gasteiger partial charge is 0.270 e. The number of hydrogen-bond acceptors (Lipinski definition) is 6. The summed E-state index contributed by atoms with van der Waals surface area (Å²) in [6.45, 7) is 0.889. The molecule has 1 aliphatic carbocycles. The lowest BCUT2D eigenvalue weighted by molar-refractivity contribution is 0.0940. The fourth-order valence-electron chi connectivity index (χ4n) is 3.19. The van der Waals surface area contributed by atoms with Gasteiger partial charge in [0.1, 0.15) is 17.3 Å². The Labute approximate surface area is 144 Å². The molecule has 0 bridgehead atoms. The van der Waals surface area contributed by atoms with Gasteiger partial charge in [0, 0.05) is 24.6 Å². The average molecular weight is 338 g/mol. The van der Waals surface area contributed by atoms with Crippen LogP contribution in [0.4, 0.5) is 5.82 Å². The molecule has 1 saturated carbocycles. The van der Waals surface area contributed by atoms with Crippen molar-refractivity contribution in [3.63, 3.8) is 0 Å². The molecule has 2 aliphatic heterocycles. The first-order chi connectivity index (χ1) is 12.3. The van der Waals surface area contributed by atoms with E-state index in [1.54, 1.807) is 0 Å². The van der Waals surface area contributed by atoms with E-state index in [1.165, 1.54) is 0 Å². The van der Waals surface area contributed by atoms with Crippen molar-refractivity contribution in [2.45, 2.75) is 31.7 Å². The molecule has 7 heteroatoms. The highest BCUT2D eigenvalue weighted by atomic mass is 16.7. The molecule has 1 aromatic carbocycles. The molecule has 0 saturated heterocycles. The Morgan fingerprint density at radius 1 is 1.20 bits per heavy atom. The first-order valence-corrected chi connectivity index (χ1v) is 8.59. The van der Waals surface area contributed by atoms with Crippen molar-refractivity contribution in [3.05, 3.63) is 40.8 Å². The summed E-state index contributed by atoms with van der Waals surface area (Å²) in [7, 11) is 0. The molecule has 2 N–H and O–H groups in total. The number of nitrogens with one attached hydrogen (secondary N) is 2. The van der Waals surface area contributed by atoms with Crippen LogP contribution in [0.3, 0.4) is 0 Å². The van der Waals surface area contributed by atoms with Gasteiger partial charge in [-0.05, 0) is 37.0 Å². The number of aromatic nitrogens is 2. The summed E-state index contributed by atoms with van der Waals surface area (Å²) in [6, 6.07) is 6.29. The van der Waals surface area contributed by atoms with Gasteiger partial charge in [0.05, 0.1) is 0 Å². The van der Waals surface area contributed by atoms with Gasteiger partial charge in [-0.25, -0.2) is 9.97 Å². The van der Waals surface area contributed by atoms with Crippen LogP contribution in [0.15, 0.2) is 18.2 Å². The first kappa shape index (κ1) is 14.5. The third kappa shape index (κ3) is 2.75. The number of fused-ring (bicyclic) bond motifs is 2. The van der Waals surface area contributed by atoms with Crippen LogP contribution in [-0.4, -0.2) is 35.3 Å². The molecule has 128 valence electrons. The van der Waals surface area contributed by atoms with Crippen LogP contribution in [0, 0.1) is 0 Å². The number of carbonyl (C=O) groups is 1. The zero-order valence-corrected chi connectivity index (χ0v) is 13.7. The zero-order valence-electron chi connectivity index (χ0n) is 13.7. The van der Waals surface area contributed by atoms with Gasteiger partial charge in [0.2, 0.25) is 6.79 Å². The maximum absolute atomic E-state index is 12.2. The Hall–Kier alpha value is -2.83. The molecule has 3 heterocycles. The maximum Gasteiger partial charge on any atom is 0.270 e. The average Bonchev–Trinajstić information content (AvgIpc) is 3.30. The predicted octanol–water partition coefficient (Wildman–Crippen LogP) is 1.66. The van der Waals surface area contributed by atoms with Crippen LogP contribution >= 0.6 is 0 Å². The second-order valence-corrected chi connectivity index (χ2v) is 6.60. The van der Waals surface area contributed by atoms with E-state index in [1.807, 2.05) is 18.2 Å². The van der Waals surface area contributed by atoms with Crippen LogP contribution in [-0.2, 0) is 12.8 Å². The van der Waals surface area contributed by atoms with Crippen LogP contribution in [0.5, 0.6) is 11.5 Å². The summed E-state index contributed by atoms with van der Waals surface area (Å²) in [5, 5.41) is 6.32. The van der Waals surface area contributed by atoms with E-state index in [0.29, 0.717) is 30.5 Å². The number of ether oxygens (including phenoxy) is 2. The fraction of sp³-hybridized carbons (Fsp3) is 0.389. The summed E-state index contributed by atoms with van der Waals surface area (Å²) < 4.78 is 10.8. The molecule has 7 nitrogen and oxygen atoms in total.